The number of nitrogens with zero attached hydrogens (tertiary/aromatic N) is 3. The van der Waals surface area contributed by atoms with E-state index < -0.39 is 23.8 Å². The predicted molar refractivity (Wildman–Crippen MR) is 236 cm³/mol. The molecule has 3 aliphatic rings. The average molecular weight is 865 g/mol. The minimum Gasteiger partial charge on any atom is -0.459 e. The first-order valence-electron chi connectivity index (χ1n) is 22.0. The zero-order chi connectivity index (χ0) is 44.6. The molecular formula is C49H60N4O10. The highest BCUT2D eigenvalue weighted by atomic mass is 16.7. The Labute approximate surface area is 369 Å². The Morgan fingerprint density at radius 3 is 2.46 bits per heavy atom. The van der Waals surface area contributed by atoms with E-state index in [4.69, 9.17) is 28.9 Å². The molecule has 1 saturated carbocycles. The number of allylic oxidation sites excluding steroid dienone is 1. The molecular weight excluding hydrogens is 805 g/mol. The van der Waals surface area contributed by atoms with Gasteiger partial charge in [-0.2, -0.15) is 5.26 Å². The van der Waals surface area contributed by atoms with Crippen molar-refractivity contribution in [2.45, 2.75) is 76.2 Å². The van der Waals surface area contributed by atoms with Gasteiger partial charge in [-0.25, -0.2) is 4.79 Å². The van der Waals surface area contributed by atoms with Gasteiger partial charge in [-0.05, 0) is 98.0 Å². The largest absolute Gasteiger partial charge is 0.459 e. The monoisotopic (exact) mass is 864 g/mol. The van der Waals surface area contributed by atoms with Gasteiger partial charge in [0.05, 0.1) is 49.7 Å². The smallest absolute Gasteiger partial charge is 0.412 e. The number of aliphatic hydroxyl groups is 3. The van der Waals surface area contributed by atoms with Crippen LogP contribution in [0.3, 0.4) is 0 Å². The lowest BCUT2D eigenvalue weighted by Gasteiger charge is -2.60. The van der Waals surface area contributed by atoms with E-state index in [1.54, 1.807) is 47.4 Å². The highest BCUT2D eigenvalue weighted by molar-refractivity contribution is 6.03. The zero-order valence-electron chi connectivity index (χ0n) is 36.0. The Morgan fingerprint density at radius 2 is 1.76 bits per heavy atom. The molecule has 63 heavy (non-hydrogen) atoms. The number of hydrogen-bond acceptors (Lipinski definition) is 12. The summed E-state index contributed by atoms with van der Waals surface area (Å²) in [5.41, 5.74) is 3.96. The average Bonchev–Trinajstić information content (AvgIpc) is 3.31. The lowest BCUT2D eigenvalue weighted by atomic mass is 9.55. The van der Waals surface area contributed by atoms with Crippen LogP contribution < -0.4 is 14.8 Å². The van der Waals surface area contributed by atoms with Crippen molar-refractivity contribution in [3.63, 3.8) is 0 Å². The Kier molecular flexibility index (Phi) is 17.3. The van der Waals surface area contributed by atoms with Crippen molar-refractivity contribution in [3.05, 3.63) is 119 Å². The van der Waals surface area contributed by atoms with Gasteiger partial charge < -0.3 is 49.3 Å². The molecule has 0 saturated heterocycles. The van der Waals surface area contributed by atoms with Crippen LogP contribution in [0.2, 0.25) is 0 Å². The minimum absolute atomic E-state index is 0.0000604. The molecule has 0 unspecified atom stereocenters. The summed E-state index contributed by atoms with van der Waals surface area (Å²) in [4.78, 5) is 35.7. The van der Waals surface area contributed by atoms with Crippen LogP contribution in [-0.2, 0) is 20.9 Å². The van der Waals surface area contributed by atoms with Gasteiger partial charge in [0.15, 0.2) is 0 Å². The molecule has 336 valence electrons. The van der Waals surface area contributed by atoms with Crippen molar-refractivity contribution in [2.75, 3.05) is 52.8 Å². The fourth-order valence-corrected chi connectivity index (χ4v) is 9.35. The summed E-state index contributed by atoms with van der Waals surface area (Å²) in [7, 11) is 0. The molecule has 2 amide bonds. The fraction of sp³-hybridized carbons (Fsp3) is 0.469. The summed E-state index contributed by atoms with van der Waals surface area (Å²) in [5.74, 6) is -2.06. The Hall–Kier alpha value is -5.56. The summed E-state index contributed by atoms with van der Waals surface area (Å²) in [5, 5.41) is 46.5. The van der Waals surface area contributed by atoms with E-state index in [-0.39, 0.29) is 82.8 Å². The molecule has 1 aliphatic heterocycles. The topological polar surface area (TPSA) is 192 Å². The number of ether oxygens (including phenoxy) is 4. The second kappa shape index (κ2) is 23.2. The molecule has 0 aromatic heterocycles. The third-order valence-electron chi connectivity index (χ3n) is 12.0. The van der Waals surface area contributed by atoms with E-state index in [9.17, 15) is 30.2 Å². The van der Waals surface area contributed by atoms with Crippen molar-refractivity contribution in [3.8, 4) is 17.6 Å². The van der Waals surface area contributed by atoms with Crippen LogP contribution in [-0.4, -0.2) is 103 Å². The second-order valence-electron chi connectivity index (χ2n) is 15.9. The minimum atomic E-state index is -1.54. The molecule has 6 rings (SSSR count). The van der Waals surface area contributed by atoms with E-state index >= 15 is 0 Å². The van der Waals surface area contributed by atoms with Gasteiger partial charge in [0.1, 0.15) is 24.1 Å². The first-order valence-corrected chi connectivity index (χ1v) is 22.0. The summed E-state index contributed by atoms with van der Waals surface area (Å²) >= 11 is 0. The maximum atomic E-state index is 15.0. The van der Waals surface area contributed by atoms with Gasteiger partial charge in [-0.1, -0.05) is 60.5 Å². The van der Waals surface area contributed by atoms with Gasteiger partial charge >= 0.3 is 6.09 Å². The lowest BCUT2D eigenvalue weighted by Crippen LogP contribution is -2.70. The first kappa shape index (κ1) is 46.9. The summed E-state index contributed by atoms with van der Waals surface area (Å²) in [6.45, 7) is 6.66. The van der Waals surface area contributed by atoms with E-state index in [1.165, 1.54) is 0 Å². The molecule has 14 heteroatoms. The maximum Gasteiger partial charge on any atom is 0.412 e. The molecule has 0 bridgehead atoms. The highest BCUT2D eigenvalue weighted by Crippen LogP contribution is 2.62. The van der Waals surface area contributed by atoms with Gasteiger partial charge in [-0.3, -0.25) is 4.79 Å². The molecule has 0 spiro atoms. The normalized spacial score (nSPS) is 22.7. The number of oxime groups is 1. The van der Waals surface area contributed by atoms with Crippen molar-refractivity contribution < 1.29 is 48.7 Å². The second-order valence-corrected chi connectivity index (χ2v) is 15.9. The standard InChI is InChI=1S/C49H60N4O10/c1-3-26-60-49-44(53(22-27-59-28-25-56)47(57)36-18-16-34(32-50)17-19-36)31-42(52-61-4-2)40-29-37(14-8-10-23-54)39(15-9-11-24-55)45(46(40)49)41-30-38(20-21-43(41)63-49)62-48(58)51-33-35-12-6-5-7-13-35/h3,5-7,12-13,16-21,29-30,37,39,44-46,54-56H,1,4,8-11,14-15,22-28,31,33H2,2H3,(H,51,58)/t37-,39+,44-,45+,46+,49+/m0/s1. The van der Waals surface area contributed by atoms with Crippen LogP contribution in [0.1, 0.15) is 84.8 Å². The molecule has 1 heterocycles. The number of fused-ring (bicyclic) bond motifs is 2. The quantitative estimate of drug-likeness (QED) is 0.0453. The number of unbranched alkanes of at least 4 members (excludes halogenated alkanes) is 2. The van der Waals surface area contributed by atoms with E-state index in [1.807, 2.05) is 43.3 Å². The molecule has 4 N–H and O–H groups in total. The van der Waals surface area contributed by atoms with Crippen LogP contribution >= 0.6 is 0 Å². The predicted octanol–water partition coefficient (Wildman–Crippen LogP) is 6.65. The number of aliphatic hydroxyl groups excluding tert-OH is 3. The zero-order valence-corrected chi connectivity index (χ0v) is 36.0. The first-order chi connectivity index (χ1) is 30.8. The summed E-state index contributed by atoms with van der Waals surface area (Å²) in [6, 6.07) is 22.6. The molecule has 3 aromatic carbocycles. The van der Waals surface area contributed by atoms with Crippen LogP contribution in [0.5, 0.6) is 11.5 Å². The number of benzene rings is 3. The third-order valence-corrected chi connectivity index (χ3v) is 12.0. The van der Waals surface area contributed by atoms with Crippen molar-refractivity contribution in [2.24, 2.45) is 22.9 Å². The molecule has 0 radical (unpaired) electrons. The van der Waals surface area contributed by atoms with Crippen LogP contribution in [0, 0.1) is 29.1 Å². The van der Waals surface area contributed by atoms with Crippen LogP contribution in [0.25, 0.3) is 0 Å². The van der Waals surface area contributed by atoms with Crippen molar-refractivity contribution in [1.29, 1.82) is 5.26 Å². The molecule has 6 atom stereocenters. The lowest BCUT2D eigenvalue weighted by molar-refractivity contribution is -0.254. The van der Waals surface area contributed by atoms with Gasteiger partial charge in [0.25, 0.3) is 5.91 Å². The summed E-state index contributed by atoms with van der Waals surface area (Å²) in [6.07, 6.45) is 7.67. The Morgan fingerprint density at radius 1 is 1.00 bits per heavy atom. The number of carbonyl (C=O) groups is 2. The molecule has 14 nitrogen and oxygen atoms in total. The number of rotatable bonds is 23. The number of amides is 2. The van der Waals surface area contributed by atoms with E-state index in [0.29, 0.717) is 47.8 Å². The maximum absolute atomic E-state index is 15.0. The molecule has 1 fully saturated rings. The van der Waals surface area contributed by atoms with Gasteiger partial charge in [0.2, 0.25) is 5.79 Å². The van der Waals surface area contributed by atoms with Crippen molar-refractivity contribution >= 4 is 17.7 Å². The Balaban J connectivity index is 1.54. The third kappa shape index (κ3) is 11.2. The fourth-order valence-electron chi connectivity index (χ4n) is 9.35. The molecule has 3 aromatic rings. The molecule has 2 aliphatic carbocycles. The Bertz CT molecular complexity index is 2090. The number of carbonyl (C=O) groups excluding carboxylic acids is 2. The number of hydrogen-bond donors (Lipinski definition) is 4. The van der Waals surface area contributed by atoms with Crippen molar-refractivity contribution in [1.82, 2.24) is 10.2 Å². The highest BCUT2D eigenvalue weighted by Gasteiger charge is 2.65. The number of nitrogens with one attached hydrogen (secondary N) is 1. The SMILES string of the molecule is C=CCO[C@@]12Oc3ccc(OC(=O)NCc4ccccc4)cc3[C@H]3[C@H](CCCCO)[C@@H](CCCCO)C=C(C(=NOCC)C[C@@H]1N(CCOCCO)C(=O)c1ccc(C#N)cc1)[C@H]32. The summed E-state index contributed by atoms with van der Waals surface area (Å²) < 4.78 is 26.0. The number of nitriles is 1. The van der Waals surface area contributed by atoms with E-state index in [2.05, 4.69) is 24.0 Å². The van der Waals surface area contributed by atoms with Gasteiger partial charge in [0, 0.05) is 49.8 Å². The van der Waals surface area contributed by atoms with Gasteiger partial charge in [-0.15, -0.1) is 6.58 Å². The van der Waals surface area contributed by atoms with Crippen LogP contribution in [0.4, 0.5) is 4.79 Å². The van der Waals surface area contributed by atoms with Crippen LogP contribution in [0.15, 0.2) is 102 Å². The van der Waals surface area contributed by atoms with E-state index in [0.717, 1.165) is 42.4 Å².